The van der Waals surface area contributed by atoms with E-state index in [1.54, 1.807) is 0 Å². The van der Waals surface area contributed by atoms with Crippen molar-refractivity contribution in [3.8, 4) is 0 Å². The Morgan fingerprint density at radius 2 is 2.00 bits per heavy atom. The van der Waals surface area contributed by atoms with E-state index in [1.807, 2.05) is 4.72 Å². The van der Waals surface area contributed by atoms with Gasteiger partial charge in [-0.15, -0.1) is 0 Å². The minimum atomic E-state index is -4.50. The lowest BCUT2D eigenvalue weighted by atomic mass is 10.3. The molecule has 0 radical (unpaired) electrons. The summed E-state index contributed by atoms with van der Waals surface area (Å²) in [5.41, 5.74) is -2.19. The first-order valence-electron chi connectivity index (χ1n) is 5.56. The highest BCUT2D eigenvalue weighted by atomic mass is 32.2. The second kappa shape index (κ2) is 4.10. The zero-order valence-corrected chi connectivity index (χ0v) is 10.00. The van der Waals surface area contributed by atoms with Crippen molar-refractivity contribution in [2.45, 2.75) is 43.4 Å². The van der Waals surface area contributed by atoms with Gasteiger partial charge in [-0.1, -0.05) is 0 Å². The third kappa shape index (κ3) is 2.92. The molecular formula is C9H15F3N2O2S. The SMILES string of the molecule is O=S(=O)(CC1CCCN1)NC1(C(F)(F)F)CC1. The third-order valence-corrected chi connectivity index (χ3v) is 4.77. The average Bonchev–Trinajstić information content (AvgIpc) is 2.74. The highest BCUT2D eigenvalue weighted by Crippen LogP contribution is 2.49. The van der Waals surface area contributed by atoms with Gasteiger partial charge in [-0.05, 0) is 32.2 Å². The van der Waals surface area contributed by atoms with Crippen LogP contribution in [-0.2, 0) is 10.0 Å². The fraction of sp³-hybridized carbons (Fsp3) is 1.00. The lowest BCUT2D eigenvalue weighted by molar-refractivity contribution is -0.160. The monoisotopic (exact) mass is 272 g/mol. The molecule has 1 unspecified atom stereocenters. The Labute approximate surface area is 98.0 Å². The molecule has 4 nitrogen and oxygen atoms in total. The Bertz CT molecular complexity index is 384. The molecule has 1 aliphatic carbocycles. The van der Waals surface area contributed by atoms with Crippen LogP contribution in [0.25, 0.3) is 0 Å². The van der Waals surface area contributed by atoms with Crippen LogP contribution in [0.2, 0.25) is 0 Å². The van der Waals surface area contributed by atoms with Crippen molar-refractivity contribution in [2.75, 3.05) is 12.3 Å². The van der Waals surface area contributed by atoms with Crippen molar-refractivity contribution in [3.05, 3.63) is 0 Å². The minimum absolute atomic E-state index is 0.159. The van der Waals surface area contributed by atoms with Gasteiger partial charge < -0.3 is 5.32 Å². The summed E-state index contributed by atoms with van der Waals surface area (Å²) >= 11 is 0. The van der Waals surface area contributed by atoms with Crippen molar-refractivity contribution in [2.24, 2.45) is 0 Å². The first-order chi connectivity index (χ1) is 7.74. The summed E-state index contributed by atoms with van der Waals surface area (Å²) < 4.78 is 62.9. The van der Waals surface area contributed by atoms with Crippen molar-refractivity contribution >= 4 is 10.0 Å². The molecule has 17 heavy (non-hydrogen) atoms. The minimum Gasteiger partial charge on any atom is -0.313 e. The topological polar surface area (TPSA) is 58.2 Å². The Kier molecular flexibility index (Phi) is 3.16. The average molecular weight is 272 g/mol. The molecule has 1 aliphatic heterocycles. The van der Waals surface area contributed by atoms with Gasteiger partial charge >= 0.3 is 6.18 Å². The van der Waals surface area contributed by atoms with Gasteiger partial charge in [0.2, 0.25) is 10.0 Å². The number of rotatable bonds is 4. The van der Waals surface area contributed by atoms with Gasteiger partial charge in [-0.2, -0.15) is 17.9 Å². The van der Waals surface area contributed by atoms with E-state index in [0.717, 1.165) is 13.0 Å². The normalized spacial score (nSPS) is 28.3. The first-order valence-corrected chi connectivity index (χ1v) is 7.21. The molecule has 0 spiro atoms. The molecule has 2 fully saturated rings. The quantitative estimate of drug-likeness (QED) is 0.794. The summed E-state index contributed by atoms with van der Waals surface area (Å²) in [4.78, 5) is 0. The largest absolute Gasteiger partial charge is 0.407 e. The number of hydrogen-bond donors (Lipinski definition) is 2. The van der Waals surface area contributed by atoms with E-state index < -0.39 is 21.7 Å². The van der Waals surface area contributed by atoms with Crippen LogP contribution in [0.15, 0.2) is 0 Å². The number of hydrogen-bond acceptors (Lipinski definition) is 3. The van der Waals surface area contributed by atoms with E-state index in [0.29, 0.717) is 6.42 Å². The molecule has 1 heterocycles. The molecule has 0 aromatic rings. The molecule has 1 saturated heterocycles. The highest BCUT2D eigenvalue weighted by molar-refractivity contribution is 7.89. The van der Waals surface area contributed by atoms with Crippen LogP contribution in [0.4, 0.5) is 13.2 Å². The Balaban J connectivity index is 1.98. The maximum atomic E-state index is 12.6. The molecule has 1 saturated carbocycles. The van der Waals surface area contributed by atoms with E-state index in [1.165, 1.54) is 0 Å². The van der Waals surface area contributed by atoms with Gasteiger partial charge in [0.05, 0.1) is 5.75 Å². The number of alkyl halides is 3. The van der Waals surface area contributed by atoms with Gasteiger partial charge in [-0.25, -0.2) is 8.42 Å². The van der Waals surface area contributed by atoms with Crippen LogP contribution in [0.3, 0.4) is 0 Å². The molecule has 2 N–H and O–H groups in total. The predicted octanol–water partition coefficient (Wildman–Crippen LogP) is 0.753. The zero-order chi connectivity index (χ0) is 12.7. The van der Waals surface area contributed by atoms with E-state index >= 15 is 0 Å². The van der Waals surface area contributed by atoms with Crippen molar-refractivity contribution in [1.82, 2.24) is 10.0 Å². The van der Waals surface area contributed by atoms with Gasteiger partial charge in [0.1, 0.15) is 5.54 Å². The van der Waals surface area contributed by atoms with Gasteiger partial charge in [0, 0.05) is 6.04 Å². The molecular weight excluding hydrogens is 257 g/mol. The second-order valence-corrected chi connectivity index (χ2v) is 6.52. The Morgan fingerprint density at radius 3 is 2.41 bits per heavy atom. The predicted molar refractivity (Wildman–Crippen MR) is 56.0 cm³/mol. The van der Waals surface area contributed by atoms with E-state index in [-0.39, 0.29) is 24.6 Å². The third-order valence-electron chi connectivity index (χ3n) is 3.23. The number of sulfonamides is 1. The van der Waals surface area contributed by atoms with Crippen LogP contribution < -0.4 is 10.0 Å². The molecule has 0 aromatic carbocycles. The fourth-order valence-electron chi connectivity index (χ4n) is 2.07. The summed E-state index contributed by atoms with van der Waals surface area (Å²) in [6.45, 7) is 0.727. The van der Waals surface area contributed by atoms with Crippen LogP contribution in [0, 0.1) is 0 Å². The number of halogens is 3. The first kappa shape index (κ1) is 13.1. The Morgan fingerprint density at radius 1 is 1.35 bits per heavy atom. The molecule has 0 aromatic heterocycles. The fourth-order valence-corrected chi connectivity index (χ4v) is 3.88. The molecule has 0 amide bonds. The van der Waals surface area contributed by atoms with Gasteiger partial charge in [0.15, 0.2) is 0 Å². The summed E-state index contributed by atoms with van der Waals surface area (Å²) in [7, 11) is -3.88. The maximum Gasteiger partial charge on any atom is 0.407 e. The lowest BCUT2D eigenvalue weighted by Crippen LogP contribution is -2.50. The van der Waals surface area contributed by atoms with Crippen molar-refractivity contribution < 1.29 is 21.6 Å². The van der Waals surface area contributed by atoms with Gasteiger partial charge in [-0.3, -0.25) is 0 Å². The second-order valence-electron chi connectivity index (χ2n) is 4.76. The van der Waals surface area contributed by atoms with Crippen LogP contribution >= 0.6 is 0 Å². The maximum absolute atomic E-state index is 12.6. The summed E-state index contributed by atoms with van der Waals surface area (Å²) in [5, 5.41) is 2.96. The molecule has 2 rings (SSSR count). The number of nitrogens with one attached hydrogen (secondary N) is 2. The Hall–Kier alpha value is -0.340. The van der Waals surface area contributed by atoms with Crippen LogP contribution in [0.1, 0.15) is 25.7 Å². The van der Waals surface area contributed by atoms with E-state index in [9.17, 15) is 21.6 Å². The summed E-state index contributed by atoms with van der Waals surface area (Å²) in [6.07, 6.45) is -3.25. The molecule has 0 bridgehead atoms. The van der Waals surface area contributed by atoms with Crippen molar-refractivity contribution in [1.29, 1.82) is 0 Å². The van der Waals surface area contributed by atoms with Crippen LogP contribution in [0.5, 0.6) is 0 Å². The highest BCUT2D eigenvalue weighted by Gasteiger charge is 2.65. The lowest BCUT2D eigenvalue weighted by Gasteiger charge is -2.21. The summed E-state index contributed by atoms with van der Waals surface area (Å²) in [5.74, 6) is -0.273. The van der Waals surface area contributed by atoms with E-state index in [4.69, 9.17) is 0 Å². The molecule has 100 valence electrons. The standard InChI is InChI=1S/C9H15F3N2O2S/c10-9(11,12)8(3-4-8)14-17(15,16)6-7-2-1-5-13-7/h7,13-14H,1-6H2. The smallest absolute Gasteiger partial charge is 0.313 e. The summed E-state index contributed by atoms with van der Waals surface area (Å²) in [6, 6.07) is -0.225. The van der Waals surface area contributed by atoms with Crippen molar-refractivity contribution in [3.63, 3.8) is 0 Å². The molecule has 8 heteroatoms. The molecule has 2 aliphatic rings. The van der Waals surface area contributed by atoms with Crippen LogP contribution in [-0.4, -0.2) is 38.5 Å². The zero-order valence-electron chi connectivity index (χ0n) is 9.18. The van der Waals surface area contributed by atoms with Gasteiger partial charge in [0.25, 0.3) is 0 Å². The van der Waals surface area contributed by atoms with E-state index in [2.05, 4.69) is 5.32 Å². The molecule has 1 atom stereocenters.